The van der Waals surface area contributed by atoms with Gasteiger partial charge < -0.3 is 10.1 Å². The van der Waals surface area contributed by atoms with Crippen LogP contribution in [0.25, 0.3) is 10.8 Å². The van der Waals surface area contributed by atoms with Crippen LogP contribution in [0.15, 0.2) is 66.7 Å². The van der Waals surface area contributed by atoms with E-state index in [1.807, 2.05) is 54.6 Å². The summed E-state index contributed by atoms with van der Waals surface area (Å²) in [5.74, 6) is 0.675. The Morgan fingerprint density at radius 2 is 1.52 bits per heavy atom. The zero-order chi connectivity index (χ0) is 14.7. The second kappa shape index (κ2) is 5.67. The number of methoxy groups -OCH3 is 1. The van der Waals surface area contributed by atoms with Crippen LogP contribution in [0, 0.1) is 0 Å². The van der Waals surface area contributed by atoms with Gasteiger partial charge in [0.25, 0.3) is 5.91 Å². The van der Waals surface area contributed by atoms with Gasteiger partial charge in [-0.15, -0.1) is 0 Å². The number of rotatable bonds is 3. The van der Waals surface area contributed by atoms with Crippen LogP contribution < -0.4 is 10.1 Å². The molecule has 3 nitrogen and oxygen atoms in total. The fourth-order valence-electron chi connectivity index (χ4n) is 2.34. The van der Waals surface area contributed by atoms with Crippen LogP contribution in [0.1, 0.15) is 10.4 Å². The number of ether oxygens (including phenoxy) is 1. The van der Waals surface area contributed by atoms with E-state index in [1.54, 1.807) is 19.2 Å². The van der Waals surface area contributed by atoms with Gasteiger partial charge in [0.2, 0.25) is 0 Å². The van der Waals surface area contributed by atoms with Gasteiger partial charge in [0.15, 0.2) is 0 Å². The Kier molecular flexibility index (Phi) is 3.56. The maximum atomic E-state index is 12.3. The van der Waals surface area contributed by atoms with Gasteiger partial charge >= 0.3 is 0 Å². The summed E-state index contributed by atoms with van der Waals surface area (Å²) in [6.07, 6.45) is 0. The van der Waals surface area contributed by atoms with Gasteiger partial charge in [-0.2, -0.15) is 0 Å². The van der Waals surface area contributed by atoms with E-state index >= 15 is 0 Å². The number of carbonyl (C=O) groups excluding carboxylic acids is 1. The molecule has 3 aromatic carbocycles. The zero-order valence-corrected chi connectivity index (χ0v) is 11.7. The highest BCUT2D eigenvalue weighted by molar-refractivity contribution is 6.10. The van der Waals surface area contributed by atoms with Crippen molar-refractivity contribution >= 4 is 22.4 Å². The molecule has 0 aliphatic rings. The van der Waals surface area contributed by atoms with Crippen molar-refractivity contribution in [3.8, 4) is 5.75 Å². The minimum atomic E-state index is -0.120. The van der Waals surface area contributed by atoms with Crippen molar-refractivity contribution in [3.05, 3.63) is 72.3 Å². The summed E-state index contributed by atoms with van der Waals surface area (Å²) in [6, 6.07) is 20.7. The molecule has 0 heterocycles. The number of fused-ring (bicyclic) bond motifs is 1. The van der Waals surface area contributed by atoms with Crippen molar-refractivity contribution in [2.45, 2.75) is 0 Å². The van der Waals surface area contributed by atoms with Gasteiger partial charge in [-0.25, -0.2) is 0 Å². The molecule has 0 aliphatic heterocycles. The van der Waals surface area contributed by atoms with Crippen LogP contribution in [0.4, 0.5) is 5.69 Å². The van der Waals surface area contributed by atoms with Gasteiger partial charge in [-0.05, 0) is 24.3 Å². The third-order valence-corrected chi connectivity index (χ3v) is 3.39. The minimum absolute atomic E-state index is 0.120. The van der Waals surface area contributed by atoms with E-state index in [4.69, 9.17) is 4.74 Å². The number of hydrogen-bond acceptors (Lipinski definition) is 2. The molecule has 0 aliphatic carbocycles. The number of carbonyl (C=O) groups is 1. The molecule has 0 radical (unpaired) electrons. The summed E-state index contributed by atoms with van der Waals surface area (Å²) in [5, 5.41) is 4.90. The van der Waals surface area contributed by atoms with E-state index in [2.05, 4.69) is 5.32 Å². The average Bonchev–Trinajstić information content (AvgIpc) is 2.56. The molecule has 0 saturated carbocycles. The van der Waals surface area contributed by atoms with Crippen molar-refractivity contribution in [1.29, 1.82) is 0 Å². The molecule has 0 fully saturated rings. The molecule has 0 atom stereocenters. The molecule has 104 valence electrons. The number of nitrogens with one attached hydrogen (secondary N) is 1. The Bertz CT molecular complexity index is 782. The summed E-state index contributed by atoms with van der Waals surface area (Å²) in [6.45, 7) is 0. The molecule has 0 spiro atoms. The van der Waals surface area contributed by atoms with Crippen molar-refractivity contribution in [1.82, 2.24) is 0 Å². The summed E-state index contributed by atoms with van der Waals surface area (Å²) < 4.78 is 5.36. The largest absolute Gasteiger partial charge is 0.496 e. The highest BCUT2D eigenvalue weighted by Crippen LogP contribution is 2.31. The van der Waals surface area contributed by atoms with Crippen LogP contribution in [-0.2, 0) is 0 Å². The van der Waals surface area contributed by atoms with E-state index in [0.29, 0.717) is 5.56 Å². The Morgan fingerprint density at radius 1 is 0.857 bits per heavy atom. The first-order valence-corrected chi connectivity index (χ1v) is 6.72. The maximum absolute atomic E-state index is 12.3. The Morgan fingerprint density at radius 3 is 2.24 bits per heavy atom. The lowest BCUT2D eigenvalue weighted by atomic mass is 10.1. The molecule has 3 heteroatoms. The Labute approximate surface area is 123 Å². The summed E-state index contributed by atoms with van der Waals surface area (Å²) in [5.41, 5.74) is 1.41. The summed E-state index contributed by atoms with van der Waals surface area (Å²) in [4.78, 5) is 12.3. The van der Waals surface area contributed by atoms with Crippen molar-refractivity contribution in [2.75, 3.05) is 12.4 Å². The highest BCUT2D eigenvalue weighted by atomic mass is 16.5. The quantitative estimate of drug-likeness (QED) is 0.782. The molecule has 0 bridgehead atoms. The van der Waals surface area contributed by atoms with E-state index in [-0.39, 0.29) is 5.91 Å². The van der Waals surface area contributed by atoms with Crippen LogP contribution >= 0.6 is 0 Å². The first-order chi connectivity index (χ1) is 10.3. The zero-order valence-electron chi connectivity index (χ0n) is 11.7. The van der Waals surface area contributed by atoms with Crippen molar-refractivity contribution < 1.29 is 9.53 Å². The predicted molar refractivity (Wildman–Crippen MR) is 84.9 cm³/mol. The van der Waals surface area contributed by atoms with Crippen molar-refractivity contribution in [2.24, 2.45) is 0 Å². The highest BCUT2D eigenvalue weighted by Gasteiger charge is 2.10. The SMILES string of the molecule is COc1ccc(NC(=O)c2ccccc2)c2ccccc12. The lowest BCUT2D eigenvalue weighted by Crippen LogP contribution is -2.11. The fraction of sp³-hybridized carbons (Fsp3) is 0.0556. The molecule has 0 unspecified atom stereocenters. The van der Waals surface area contributed by atoms with Crippen molar-refractivity contribution in [3.63, 3.8) is 0 Å². The standard InChI is InChI=1S/C18H15NO2/c1-21-17-12-11-16(14-9-5-6-10-15(14)17)19-18(20)13-7-3-2-4-8-13/h2-12H,1H3,(H,19,20). The van der Waals surface area contributed by atoms with Gasteiger partial charge in [0.05, 0.1) is 7.11 Å². The molecule has 0 aromatic heterocycles. The first kappa shape index (κ1) is 13.2. The molecule has 1 amide bonds. The predicted octanol–water partition coefficient (Wildman–Crippen LogP) is 4.10. The second-order valence-electron chi connectivity index (χ2n) is 4.68. The fourth-order valence-corrected chi connectivity index (χ4v) is 2.34. The average molecular weight is 277 g/mol. The maximum Gasteiger partial charge on any atom is 0.255 e. The molecular weight excluding hydrogens is 262 g/mol. The third-order valence-electron chi connectivity index (χ3n) is 3.39. The first-order valence-electron chi connectivity index (χ1n) is 6.72. The topological polar surface area (TPSA) is 38.3 Å². The van der Waals surface area contributed by atoms with Crippen LogP contribution in [0.3, 0.4) is 0 Å². The molecular formula is C18H15NO2. The second-order valence-corrected chi connectivity index (χ2v) is 4.68. The lowest BCUT2D eigenvalue weighted by molar-refractivity contribution is 0.102. The number of benzene rings is 3. The number of amides is 1. The smallest absolute Gasteiger partial charge is 0.255 e. The van der Waals surface area contributed by atoms with E-state index < -0.39 is 0 Å². The van der Waals surface area contributed by atoms with Gasteiger partial charge in [-0.3, -0.25) is 4.79 Å². The molecule has 0 saturated heterocycles. The molecule has 21 heavy (non-hydrogen) atoms. The van der Waals surface area contributed by atoms with Crippen LogP contribution in [0.5, 0.6) is 5.75 Å². The monoisotopic (exact) mass is 277 g/mol. The lowest BCUT2D eigenvalue weighted by Gasteiger charge is -2.11. The van der Waals surface area contributed by atoms with Crippen LogP contribution in [0.2, 0.25) is 0 Å². The number of hydrogen-bond donors (Lipinski definition) is 1. The Hall–Kier alpha value is -2.81. The van der Waals surface area contributed by atoms with Gasteiger partial charge in [0, 0.05) is 22.0 Å². The number of anilines is 1. The molecule has 3 aromatic rings. The minimum Gasteiger partial charge on any atom is -0.496 e. The van der Waals surface area contributed by atoms with Gasteiger partial charge in [-0.1, -0.05) is 42.5 Å². The van der Waals surface area contributed by atoms with Crippen LogP contribution in [-0.4, -0.2) is 13.0 Å². The van der Waals surface area contributed by atoms with E-state index in [1.165, 1.54) is 0 Å². The van der Waals surface area contributed by atoms with E-state index in [0.717, 1.165) is 22.2 Å². The summed E-state index contributed by atoms with van der Waals surface area (Å²) >= 11 is 0. The third kappa shape index (κ3) is 2.58. The Balaban J connectivity index is 2.00. The molecule has 3 rings (SSSR count). The van der Waals surface area contributed by atoms with Gasteiger partial charge in [0.1, 0.15) is 5.75 Å². The van der Waals surface area contributed by atoms with E-state index in [9.17, 15) is 4.79 Å². The summed E-state index contributed by atoms with van der Waals surface area (Å²) in [7, 11) is 1.64. The molecule has 1 N–H and O–H groups in total. The normalized spacial score (nSPS) is 10.3.